The number of fused-ring (bicyclic) bond motifs is 1. The molecule has 1 atom stereocenters. The van der Waals surface area contributed by atoms with Crippen LogP contribution >= 0.6 is 0 Å². The van der Waals surface area contributed by atoms with Crippen LogP contribution in [0.3, 0.4) is 0 Å². The first-order valence-electron chi connectivity index (χ1n) is 3.60. The summed E-state index contributed by atoms with van der Waals surface area (Å²) in [6, 6.07) is 7.52. The Balaban J connectivity index is 2.87. The molecule has 1 aromatic carbocycles. The third-order valence-electron chi connectivity index (χ3n) is 1.64. The molecule has 2 aromatic rings. The van der Waals surface area contributed by atoms with Crippen LogP contribution in [0.2, 0.25) is 0 Å². The Kier molecular flexibility index (Phi) is 2.08. The third kappa shape index (κ3) is 1.58. The van der Waals surface area contributed by atoms with Crippen molar-refractivity contribution in [1.29, 1.82) is 0 Å². The van der Waals surface area contributed by atoms with Crippen molar-refractivity contribution in [3.8, 4) is 0 Å². The first kappa shape index (κ1) is 9.03. The summed E-state index contributed by atoms with van der Waals surface area (Å²) in [5, 5.41) is 7.81. The van der Waals surface area contributed by atoms with Gasteiger partial charge in [-0.1, -0.05) is 0 Å². The Morgan fingerprint density at radius 2 is 2.15 bits per heavy atom. The van der Waals surface area contributed by atoms with Crippen LogP contribution in [0.5, 0.6) is 0 Å². The average Bonchev–Trinajstić information content (AvgIpc) is 2.45. The molecule has 0 radical (unpaired) electrons. The first-order valence-corrected chi connectivity index (χ1v) is 9.04. The zero-order valence-electron chi connectivity index (χ0n) is 6.88. The van der Waals surface area contributed by atoms with Gasteiger partial charge in [0, 0.05) is 0 Å². The number of nitrogens with zero attached hydrogens (tertiary/aromatic N) is 3. The number of aromatic nitrogens is 3. The fourth-order valence-corrected chi connectivity index (χ4v) is 2.96. The van der Waals surface area contributed by atoms with E-state index in [-0.39, 0.29) is 0 Å². The van der Waals surface area contributed by atoms with E-state index in [0.29, 0.717) is 0 Å². The molecule has 1 heterocycles. The Morgan fingerprint density at radius 1 is 1.46 bits per heavy atom. The molecule has 0 aliphatic rings. The van der Waals surface area contributed by atoms with Crippen LogP contribution in [0.1, 0.15) is 0 Å². The van der Waals surface area contributed by atoms with Crippen LogP contribution < -0.4 is 0 Å². The molecule has 6 heteroatoms. The third-order valence-corrected chi connectivity index (χ3v) is 4.06. The zero-order valence-corrected chi connectivity index (χ0v) is 10.6. The van der Waals surface area contributed by atoms with Crippen LogP contribution in [0.4, 0.5) is 0 Å². The number of benzene rings is 1. The van der Waals surface area contributed by atoms with Crippen molar-refractivity contribution in [3.63, 3.8) is 0 Å². The number of hydrogen-bond donors (Lipinski definition) is 0. The van der Waals surface area contributed by atoms with Crippen LogP contribution in [-0.4, -0.2) is 24.9 Å². The quantitative estimate of drug-likeness (QED) is 0.743. The Morgan fingerprint density at radius 3 is 2.85 bits per heavy atom. The van der Waals surface area contributed by atoms with Gasteiger partial charge in [-0.3, -0.25) is 0 Å². The van der Waals surface area contributed by atoms with E-state index < -0.39 is 7.31 Å². The van der Waals surface area contributed by atoms with Crippen molar-refractivity contribution in [2.75, 3.05) is 6.26 Å². The van der Waals surface area contributed by atoms with Crippen molar-refractivity contribution >= 4 is 18.3 Å². The van der Waals surface area contributed by atoms with E-state index in [2.05, 4.69) is 10.3 Å². The molecular formula is C7H7N3OSW. The molecule has 68 valence electrons. The average molecular weight is 365 g/mol. The minimum atomic E-state index is -2.01. The molecule has 0 saturated carbocycles. The van der Waals surface area contributed by atoms with Crippen molar-refractivity contribution in [2.45, 2.75) is 0 Å². The number of hydrogen-bond acceptors (Lipinski definition) is 3. The van der Waals surface area contributed by atoms with Crippen molar-refractivity contribution in [1.82, 2.24) is 14.4 Å². The fourth-order valence-electron chi connectivity index (χ4n) is 1.09. The van der Waals surface area contributed by atoms with Gasteiger partial charge in [0.1, 0.15) is 0 Å². The van der Waals surface area contributed by atoms with Crippen LogP contribution in [0.25, 0.3) is 11.0 Å². The Hall–Kier alpha value is -0.542. The molecule has 0 bridgehead atoms. The molecule has 2 rings (SSSR count). The molecule has 0 saturated heterocycles. The van der Waals surface area contributed by atoms with E-state index in [9.17, 15) is 4.21 Å². The maximum atomic E-state index is 11.8. The van der Waals surface area contributed by atoms with Gasteiger partial charge < -0.3 is 0 Å². The molecule has 13 heavy (non-hydrogen) atoms. The van der Waals surface area contributed by atoms with E-state index in [1.807, 2.05) is 24.3 Å². The van der Waals surface area contributed by atoms with Crippen LogP contribution in [0.15, 0.2) is 24.3 Å². The predicted molar refractivity (Wildman–Crippen MR) is 47.0 cm³/mol. The normalized spacial score (nSPS) is 15.8. The second-order valence-electron chi connectivity index (χ2n) is 2.68. The van der Waals surface area contributed by atoms with Crippen LogP contribution in [0, 0.1) is 0 Å². The number of para-hydroxylation sites is 1. The summed E-state index contributed by atoms with van der Waals surface area (Å²) in [5.41, 5.74) is 1.63. The zero-order chi connectivity index (χ0) is 9.47. The molecule has 4 nitrogen and oxygen atoms in total. The Bertz CT molecular complexity index is 546. The van der Waals surface area contributed by atoms with Gasteiger partial charge in [-0.05, 0) is 0 Å². The van der Waals surface area contributed by atoms with Gasteiger partial charge in [0.2, 0.25) is 0 Å². The van der Waals surface area contributed by atoms with Crippen molar-refractivity contribution in [3.05, 3.63) is 24.3 Å². The van der Waals surface area contributed by atoms with E-state index in [1.165, 1.54) is 4.09 Å². The topological polar surface area (TPSA) is 47.8 Å². The molecule has 0 N–H and O–H groups in total. The molecule has 0 fully saturated rings. The van der Waals surface area contributed by atoms with Gasteiger partial charge in [-0.25, -0.2) is 0 Å². The second-order valence-corrected chi connectivity index (χ2v) is 11.2. The van der Waals surface area contributed by atoms with E-state index in [4.69, 9.17) is 0 Å². The summed E-state index contributed by atoms with van der Waals surface area (Å²) in [5.74, 6) is 0. The molecule has 1 unspecified atom stereocenters. The summed E-state index contributed by atoms with van der Waals surface area (Å²) < 4.78 is 13.3. The van der Waals surface area contributed by atoms with Gasteiger partial charge >= 0.3 is 85.5 Å². The fraction of sp³-hybridized carbons (Fsp3) is 0.143. The van der Waals surface area contributed by atoms with Gasteiger partial charge in [0.15, 0.2) is 0 Å². The minimum absolute atomic E-state index is 0.790. The molecule has 1 aromatic heterocycles. The monoisotopic (exact) mass is 365 g/mol. The SMILES string of the molecule is C[S](=O)(=[W])n1nnc2ccccc21. The van der Waals surface area contributed by atoms with Gasteiger partial charge in [-0.2, -0.15) is 0 Å². The molecule has 0 amide bonds. The van der Waals surface area contributed by atoms with Crippen molar-refractivity contribution < 1.29 is 22.2 Å². The predicted octanol–water partition coefficient (Wildman–Crippen LogP) is 0.570. The molecule has 0 aliphatic carbocycles. The second kappa shape index (κ2) is 2.99. The van der Waals surface area contributed by atoms with Gasteiger partial charge in [0.25, 0.3) is 0 Å². The van der Waals surface area contributed by atoms with Crippen LogP contribution in [-0.2, 0) is 25.3 Å². The molecule has 0 spiro atoms. The standard InChI is InChI=1S/C7H7N3OS.W/c1-12(11)10-7-5-3-2-4-6(7)8-9-10;/h2-5H,1H3;. The number of rotatable bonds is 1. The van der Waals surface area contributed by atoms with Gasteiger partial charge in [0.05, 0.1) is 0 Å². The van der Waals surface area contributed by atoms with Crippen molar-refractivity contribution in [2.24, 2.45) is 0 Å². The summed E-state index contributed by atoms with van der Waals surface area (Å²) in [4.78, 5) is 0. The van der Waals surface area contributed by atoms with E-state index in [0.717, 1.165) is 29.0 Å². The summed E-state index contributed by atoms with van der Waals surface area (Å²) in [6.45, 7) is 0. The van der Waals surface area contributed by atoms with E-state index in [1.54, 1.807) is 6.26 Å². The molecule has 0 aliphatic heterocycles. The summed E-state index contributed by atoms with van der Waals surface area (Å²) in [6.07, 6.45) is 1.68. The summed E-state index contributed by atoms with van der Waals surface area (Å²) >= 11 is 1.01. The first-order chi connectivity index (χ1) is 6.09. The van der Waals surface area contributed by atoms with Gasteiger partial charge in [-0.15, -0.1) is 0 Å². The van der Waals surface area contributed by atoms with E-state index >= 15 is 0 Å². The molecular weight excluding hydrogens is 358 g/mol. The Labute approximate surface area is 85.4 Å². The maximum absolute atomic E-state index is 11.8. The summed E-state index contributed by atoms with van der Waals surface area (Å²) in [7, 11) is -2.01.